The summed E-state index contributed by atoms with van der Waals surface area (Å²) in [6, 6.07) is 2.43. The Kier molecular flexibility index (Phi) is 8.65. The molecule has 0 aliphatic heterocycles. The van der Waals surface area contributed by atoms with E-state index in [1.165, 1.54) is 89.0 Å². The molecule has 1 aliphatic carbocycles. The van der Waals surface area contributed by atoms with Gasteiger partial charge in [-0.2, -0.15) is 0 Å². The summed E-state index contributed by atoms with van der Waals surface area (Å²) in [7, 11) is 0. The minimum atomic E-state index is 0.495. The van der Waals surface area contributed by atoms with Gasteiger partial charge in [-0.15, -0.1) is 0 Å². The average Bonchev–Trinajstić information content (AvgIpc) is 3.33. The Balaban J connectivity index is 1.83. The van der Waals surface area contributed by atoms with Gasteiger partial charge in [-0.05, 0) is 111 Å². The lowest BCUT2D eigenvalue weighted by Crippen LogP contribution is -2.05. The van der Waals surface area contributed by atoms with Gasteiger partial charge in [0.25, 0.3) is 0 Å². The zero-order valence-electron chi connectivity index (χ0n) is 20.3. The van der Waals surface area contributed by atoms with E-state index in [0.29, 0.717) is 5.41 Å². The maximum atomic E-state index is 2.47. The van der Waals surface area contributed by atoms with Crippen molar-refractivity contribution in [3.05, 3.63) is 33.9 Å². The Morgan fingerprint density at radius 3 is 1.93 bits per heavy atom. The fraction of sp³-hybridized carbons (Fsp3) is 0.786. The predicted molar refractivity (Wildman–Crippen MR) is 126 cm³/mol. The number of unbranched alkanes of at least 4 members (excludes halogenated alkanes) is 5. The highest BCUT2D eigenvalue weighted by Crippen LogP contribution is 2.49. The van der Waals surface area contributed by atoms with Gasteiger partial charge < -0.3 is 0 Å². The first kappa shape index (κ1) is 23.5. The van der Waals surface area contributed by atoms with E-state index in [4.69, 9.17) is 0 Å². The molecule has 28 heavy (non-hydrogen) atoms. The molecule has 0 spiro atoms. The number of rotatable bonds is 12. The molecule has 0 aromatic heterocycles. The molecule has 0 nitrogen and oxygen atoms in total. The van der Waals surface area contributed by atoms with Crippen LogP contribution >= 0.6 is 0 Å². The smallest absolute Gasteiger partial charge is 0.0273 e. The minimum absolute atomic E-state index is 0.495. The van der Waals surface area contributed by atoms with Gasteiger partial charge in [0, 0.05) is 0 Å². The quantitative estimate of drug-likeness (QED) is 0.315. The molecule has 1 aliphatic rings. The molecule has 1 saturated carbocycles. The Labute approximate surface area is 176 Å². The number of hydrogen-bond acceptors (Lipinski definition) is 0. The third-order valence-electron chi connectivity index (χ3n) is 7.23. The molecular weight excluding hydrogens is 336 g/mol. The third kappa shape index (κ3) is 7.92. The van der Waals surface area contributed by atoms with Gasteiger partial charge in [-0.25, -0.2) is 0 Å². The summed E-state index contributed by atoms with van der Waals surface area (Å²) in [5, 5.41) is 0. The van der Waals surface area contributed by atoms with Crippen molar-refractivity contribution in [1.29, 1.82) is 0 Å². The lowest BCUT2D eigenvalue weighted by atomic mass is 9.86. The van der Waals surface area contributed by atoms with Crippen LogP contribution in [0.2, 0.25) is 0 Å². The van der Waals surface area contributed by atoms with Gasteiger partial charge in [-0.3, -0.25) is 0 Å². The summed E-state index contributed by atoms with van der Waals surface area (Å²) in [6.45, 7) is 16.6. The van der Waals surface area contributed by atoms with E-state index in [-0.39, 0.29) is 0 Å². The molecule has 0 saturated heterocycles. The normalized spacial score (nSPS) is 15.8. The van der Waals surface area contributed by atoms with E-state index in [1.807, 2.05) is 0 Å². The molecule has 0 heteroatoms. The summed E-state index contributed by atoms with van der Waals surface area (Å²) in [4.78, 5) is 0. The molecule has 160 valence electrons. The number of benzene rings is 1. The second-order valence-electron chi connectivity index (χ2n) is 11.4. The summed E-state index contributed by atoms with van der Waals surface area (Å²) in [5.41, 5.74) is 9.22. The summed E-state index contributed by atoms with van der Waals surface area (Å²) in [6.07, 6.45) is 18.1. The first-order valence-corrected chi connectivity index (χ1v) is 12.2. The zero-order valence-corrected chi connectivity index (χ0v) is 20.3. The van der Waals surface area contributed by atoms with E-state index in [0.717, 1.165) is 5.41 Å². The Hall–Kier alpha value is -0.780. The SMILES string of the molecule is Cc1cc(C)c(CCCCCCC(C)(C)C)c(CCCCCC2(C)CC2)c1C. The van der Waals surface area contributed by atoms with Crippen LogP contribution in [0.3, 0.4) is 0 Å². The van der Waals surface area contributed by atoms with Gasteiger partial charge in [0.15, 0.2) is 0 Å². The van der Waals surface area contributed by atoms with Crippen LogP contribution in [0.4, 0.5) is 0 Å². The molecule has 0 N–H and O–H groups in total. The van der Waals surface area contributed by atoms with E-state index in [2.05, 4.69) is 54.5 Å². The second-order valence-corrected chi connectivity index (χ2v) is 11.4. The topological polar surface area (TPSA) is 0 Å². The standard InChI is InChI=1S/C28H48/c1-22-21-23(2)25(15-11-8-9-13-17-27(4,5)6)26(24(22)3)16-12-10-14-18-28(7)19-20-28/h21H,8-20H2,1-7H3. The first-order valence-electron chi connectivity index (χ1n) is 12.2. The second kappa shape index (κ2) is 10.3. The summed E-state index contributed by atoms with van der Waals surface area (Å²) < 4.78 is 0. The Bertz CT molecular complexity index is 610. The van der Waals surface area contributed by atoms with E-state index >= 15 is 0 Å². The molecule has 0 bridgehead atoms. The highest BCUT2D eigenvalue weighted by Gasteiger charge is 2.35. The van der Waals surface area contributed by atoms with Crippen molar-refractivity contribution in [3.8, 4) is 0 Å². The summed E-state index contributed by atoms with van der Waals surface area (Å²) in [5.74, 6) is 0. The van der Waals surface area contributed by atoms with Crippen molar-refractivity contribution in [2.45, 2.75) is 132 Å². The largest absolute Gasteiger partial charge is 0.0602 e. The maximum Gasteiger partial charge on any atom is -0.0273 e. The van der Waals surface area contributed by atoms with Crippen LogP contribution in [0.15, 0.2) is 6.07 Å². The molecule has 0 unspecified atom stereocenters. The van der Waals surface area contributed by atoms with Crippen LogP contribution in [0.5, 0.6) is 0 Å². The number of aryl methyl sites for hydroxylation is 2. The lowest BCUT2D eigenvalue weighted by molar-refractivity contribution is 0.357. The van der Waals surface area contributed by atoms with Crippen LogP contribution in [0, 0.1) is 31.6 Å². The van der Waals surface area contributed by atoms with Crippen molar-refractivity contribution in [2.75, 3.05) is 0 Å². The fourth-order valence-corrected chi connectivity index (χ4v) is 4.71. The molecular formula is C28H48. The van der Waals surface area contributed by atoms with Gasteiger partial charge in [-0.1, -0.05) is 65.9 Å². The highest BCUT2D eigenvalue weighted by atomic mass is 14.4. The minimum Gasteiger partial charge on any atom is -0.0602 e. The van der Waals surface area contributed by atoms with Crippen LogP contribution in [-0.2, 0) is 12.8 Å². The van der Waals surface area contributed by atoms with Crippen LogP contribution in [0.1, 0.15) is 126 Å². The van der Waals surface area contributed by atoms with Crippen molar-refractivity contribution in [1.82, 2.24) is 0 Å². The molecule has 2 rings (SSSR count). The fourth-order valence-electron chi connectivity index (χ4n) is 4.71. The maximum absolute atomic E-state index is 2.47. The first-order chi connectivity index (χ1) is 13.1. The van der Waals surface area contributed by atoms with E-state index < -0.39 is 0 Å². The van der Waals surface area contributed by atoms with Crippen LogP contribution in [-0.4, -0.2) is 0 Å². The van der Waals surface area contributed by atoms with Gasteiger partial charge in [0.05, 0.1) is 0 Å². The molecule has 0 atom stereocenters. The molecule has 0 heterocycles. The van der Waals surface area contributed by atoms with Gasteiger partial charge in [0.1, 0.15) is 0 Å². The molecule has 1 fully saturated rings. The molecule has 0 amide bonds. The highest BCUT2D eigenvalue weighted by molar-refractivity contribution is 5.45. The van der Waals surface area contributed by atoms with Crippen molar-refractivity contribution >= 4 is 0 Å². The third-order valence-corrected chi connectivity index (χ3v) is 7.23. The van der Waals surface area contributed by atoms with E-state index in [1.54, 1.807) is 22.3 Å². The lowest BCUT2D eigenvalue weighted by Gasteiger charge is -2.19. The summed E-state index contributed by atoms with van der Waals surface area (Å²) >= 11 is 0. The zero-order chi connectivity index (χ0) is 20.8. The van der Waals surface area contributed by atoms with Crippen molar-refractivity contribution in [3.63, 3.8) is 0 Å². The monoisotopic (exact) mass is 384 g/mol. The molecule has 0 radical (unpaired) electrons. The van der Waals surface area contributed by atoms with Crippen LogP contribution in [0.25, 0.3) is 0 Å². The Morgan fingerprint density at radius 2 is 1.32 bits per heavy atom. The molecule has 1 aromatic carbocycles. The van der Waals surface area contributed by atoms with Gasteiger partial charge in [0.2, 0.25) is 0 Å². The Morgan fingerprint density at radius 1 is 0.750 bits per heavy atom. The molecule has 1 aromatic rings. The van der Waals surface area contributed by atoms with Crippen LogP contribution < -0.4 is 0 Å². The van der Waals surface area contributed by atoms with E-state index in [9.17, 15) is 0 Å². The number of hydrogen-bond donors (Lipinski definition) is 0. The average molecular weight is 385 g/mol. The predicted octanol–water partition coefficient (Wildman–Crippen LogP) is 9.05. The van der Waals surface area contributed by atoms with Crippen molar-refractivity contribution in [2.24, 2.45) is 10.8 Å². The van der Waals surface area contributed by atoms with Gasteiger partial charge >= 0.3 is 0 Å². The van der Waals surface area contributed by atoms with Crippen molar-refractivity contribution < 1.29 is 0 Å².